The van der Waals surface area contributed by atoms with Crippen LogP contribution in [0.1, 0.15) is 6.42 Å². The van der Waals surface area contributed by atoms with Crippen molar-refractivity contribution in [3.63, 3.8) is 0 Å². The number of nitrogens with zero attached hydrogens (tertiary/aromatic N) is 1. The van der Waals surface area contributed by atoms with Crippen LogP contribution in [-0.2, 0) is 4.79 Å². The van der Waals surface area contributed by atoms with Crippen LogP contribution in [0.3, 0.4) is 0 Å². The number of halogens is 1. The van der Waals surface area contributed by atoms with Gasteiger partial charge in [-0.1, -0.05) is 11.6 Å². The number of rotatable bonds is 3. The molecule has 0 spiro atoms. The highest BCUT2D eigenvalue weighted by atomic mass is 35.5. The van der Waals surface area contributed by atoms with Gasteiger partial charge in [-0.2, -0.15) is 0 Å². The van der Waals surface area contributed by atoms with E-state index in [1.807, 2.05) is 29.2 Å². The first kappa shape index (κ1) is 10.8. The summed E-state index contributed by atoms with van der Waals surface area (Å²) in [4.78, 5) is 14.5. The van der Waals surface area contributed by atoms with E-state index in [4.69, 9.17) is 11.6 Å². The fourth-order valence-electron chi connectivity index (χ4n) is 1.33. The summed E-state index contributed by atoms with van der Waals surface area (Å²) in [5.41, 5.74) is 0. The SMILES string of the molecule is O=C(CSc1ccc(Cl)cc1)N1CCC1. The fraction of sp³-hybridized carbons (Fsp3) is 0.364. The normalized spacial score (nSPS) is 14.9. The highest BCUT2D eigenvalue weighted by molar-refractivity contribution is 8.00. The summed E-state index contributed by atoms with van der Waals surface area (Å²) in [6.07, 6.45) is 1.15. The zero-order chi connectivity index (χ0) is 10.7. The van der Waals surface area contributed by atoms with E-state index in [9.17, 15) is 4.79 Å². The molecule has 1 aromatic carbocycles. The van der Waals surface area contributed by atoms with E-state index in [0.717, 1.165) is 29.4 Å². The molecule has 1 aromatic rings. The lowest BCUT2D eigenvalue weighted by atomic mass is 10.2. The summed E-state index contributed by atoms with van der Waals surface area (Å²) in [7, 11) is 0. The quantitative estimate of drug-likeness (QED) is 0.759. The maximum Gasteiger partial charge on any atom is 0.232 e. The molecule has 0 aromatic heterocycles. The lowest BCUT2D eigenvalue weighted by Crippen LogP contribution is -2.42. The predicted molar refractivity (Wildman–Crippen MR) is 63.4 cm³/mol. The van der Waals surface area contributed by atoms with E-state index in [-0.39, 0.29) is 5.91 Å². The minimum atomic E-state index is 0.237. The summed E-state index contributed by atoms with van der Waals surface area (Å²) in [5, 5.41) is 0.730. The number of hydrogen-bond donors (Lipinski definition) is 0. The number of benzene rings is 1. The number of carbonyl (C=O) groups excluding carboxylic acids is 1. The van der Waals surface area contributed by atoms with Crippen LogP contribution in [0, 0.1) is 0 Å². The Bertz CT molecular complexity index is 348. The smallest absolute Gasteiger partial charge is 0.232 e. The molecule has 1 aliphatic rings. The Labute approximate surface area is 98.6 Å². The molecule has 1 fully saturated rings. The van der Waals surface area contributed by atoms with Gasteiger partial charge in [0.2, 0.25) is 5.91 Å². The van der Waals surface area contributed by atoms with E-state index in [2.05, 4.69) is 0 Å². The van der Waals surface area contributed by atoms with E-state index in [1.54, 1.807) is 11.8 Å². The summed E-state index contributed by atoms with van der Waals surface area (Å²) >= 11 is 7.34. The van der Waals surface area contributed by atoms with Crippen molar-refractivity contribution in [1.29, 1.82) is 0 Å². The van der Waals surface area contributed by atoms with Crippen molar-refractivity contribution in [3.05, 3.63) is 29.3 Å². The van der Waals surface area contributed by atoms with Crippen LogP contribution in [0.2, 0.25) is 5.02 Å². The minimum absolute atomic E-state index is 0.237. The Morgan fingerprint density at radius 1 is 1.33 bits per heavy atom. The standard InChI is InChI=1S/C11H12ClNOS/c12-9-2-4-10(5-3-9)15-8-11(14)13-6-1-7-13/h2-5H,1,6-8H2. The lowest BCUT2D eigenvalue weighted by Gasteiger charge is -2.30. The van der Waals surface area contributed by atoms with Crippen molar-refractivity contribution >= 4 is 29.3 Å². The molecule has 0 N–H and O–H groups in total. The van der Waals surface area contributed by atoms with Gasteiger partial charge in [0, 0.05) is 23.0 Å². The van der Waals surface area contributed by atoms with Crippen molar-refractivity contribution in [3.8, 4) is 0 Å². The first-order chi connectivity index (χ1) is 7.25. The summed E-state index contributed by atoms with van der Waals surface area (Å²) in [6, 6.07) is 7.57. The van der Waals surface area contributed by atoms with Crippen LogP contribution in [0.4, 0.5) is 0 Å². The number of likely N-dealkylation sites (tertiary alicyclic amines) is 1. The molecule has 0 radical (unpaired) electrons. The molecule has 1 saturated heterocycles. The van der Waals surface area contributed by atoms with Gasteiger partial charge in [-0.25, -0.2) is 0 Å². The topological polar surface area (TPSA) is 20.3 Å². The third kappa shape index (κ3) is 2.89. The number of thioether (sulfide) groups is 1. The molecule has 80 valence electrons. The van der Waals surface area contributed by atoms with Gasteiger partial charge >= 0.3 is 0 Å². The molecule has 0 aliphatic carbocycles. The summed E-state index contributed by atoms with van der Waals surface area (Å²) < 4.78 is 0. The van der Waals surface area contributed by atoms with E-state index < -0.39 is 0 Å². The van der Waals surface area contributed by atoms with Gasteiger partial charge in [0.05, 0.1) is 5.75 Å². The van der Waals surface area contributed by atoms with E-state index in [1.165, 1.54) is 0 Å². The van der Waals surface area contributed by atoms with E-state index >= 15 is 0 Å². The number of amides is 1. The van der Waals surface area contributed by atoms with Gasteiger partial charge in [-0.15, -0.1) is 11.8 Å². The second-order valence-corrected chi connectivity index (χ2v) is 4.96. The lowest BCUT2D eigenvalue weighted by molar-refractivity contribution is -0.131. The van der Waals surface area contributed by atoms with Crippen LogP contribution in [0.15, 0.2) is 29.2 Å². The molecular weight excluding hydrogens is 230 g/mol. The van der Waals surface area contributed by atoms with Gasteiger partial charge < -0.3 is 4.90 Å². The van der Waals surface area contributed by atoms with Gasteiger partial charge in [-0.3, -0.25) is 4.79 Å². The summed E-state index contributed by atoms with van der Waals surface area (Å²) in [6.45, 7) is 1.86. The van der Waals surface area contributed by atoms with E-state index in [0.29, 0.717) is 5.75 Å². The zero-order valence-corrected chi connectivity index (χ0v) is 9.85. The van der Waals surface area contributed by atoms with Crippen molar-refractivity contribution < 1.29 is 4.79 Å². The molecule has 4 heteroatoms. The monoisotopic (exact) mass is 241 g/mol. The highest BCUT2D eigenvalue weighted by Gasteiger charge is 2.19. The Hall–Kier alpha value is -0.670. The average Bonchev–Trinajstić information content (AvgIpc) is 2.14. The van der Waals surface area contributed by atoms with Crippen LogP contribution in [0.5, 0.6) is 0 Å². The molecule has 2 nitrogen and oxygen atoms in total. The molecule has 1 aliphatic heterocycles. The van der Waals surface area contributed by atoms with Gasteiger partial charge in [0.15, 0.2) is 0 Å². The Morgan fingerprint density at radius 2 is 2.00 bits per heavy atom. The molecule has 0 saturated carbocycles. The molecular formula is C11H12ClNOS. The minimum Gasteiger partial charge on any atom is -0.342 e. The molecule has 1 heterocycles. The van der Waals surface area contributed by atoms with Crippen LogP contribution in [0.25, 0.3) is 0 Å². The number of carbonyl (C=O) groups is 1. The van der Waals surface area contributed by atoms with Crippen molar-refractivity contribution in [2.24, 2.45) is 0 Å². The van der Waals surface area contributed by atoms with Crippen LogP contribution >= 0.6 is 23.4 Å². The molecule has 0 bridgehead atoms. The highest BCUT2D eigenvalue weighted by Crippen LogP contribution is 2.21. The molecule has 0 unspecified atom stereocenters. The Morgan fingerprint density at radius 3 is 2.53 bits per heavy atom. The second kappa shape index (κ2) is 4.90. The Balaban J connectivity index is 1.82. The third-order valence-electron chi connectivity index (χ3n) is 2.38. The average molecular weight is 242 g/mol. The van der Waals surface area contributed by atoms with Crippen molar-refractivity contribution in [2.75, 3.05) is 18.8 Å². The third-order valence-corrected chi connectivity index (χ3v) is 3.63. The molecule has 1 amide bonds. The summed E-state index contributed by atoms with van der Waals surface area (Å²) in [5.74, 6) is 0.767. The zero-order valence-electron chi connectivity index (χ0n) is 8.28. The van der Waals surface area contributed by atoms with Gasteiger partial charge in [0.25, 0.3) is 0 Å². The van der Waals surface area contributed by atoms with Gasteiger partial charge in [-0.05, 0) is 30.7 Å². The number of hydrogen-bond acceptors (Lipinski definition) is 2. The molecule has 0 atom stereocenters. The van der Waals surface area contributed by atoms with Crippen LogP contribution < -0.4 is 0 Å². The molecule has 2 rings (SSSR count). The first-order valence-corrected chi connectivity index (χ1v) is 6.28. The first-order valence-electron chi connectivity index (χ1n) is 4.92. The van der Waals surface area contributed by atoms with Crippen molar-refractivity contribution in [1.82, 2.24) is 4.90 Å². The second-order valence-electron chi connectivity index (χ2n) is 3.48. The predicted octanol–water partition coefficient (Wildman–Crippen LogP) is 2.66. The van der Waals surface area contributed by atoms with Gasteiger partial charge in [0.1, 0.15) is 0 Å². The molecule has 15 heavy (non-hydrogen) atoms. The van der Waals surface area contributed by atoms with Crippen molar-refractivity contribution in [2.45, 2.75) is 11.3 Å². The maximum atomic E-state index is 11.5. The Kier molecular flexibility index (Phi) is 3.54. The van der Waals surface area contributed by atoms with Crippen LogP contribution in [-0.4, -0.2) is 29.6 Å². The maximum absolute atomic E-state index is 11.5. The largest absolute Gasteiger partial charge is 0.342 e. The fourth-order valence-corrected chi connectivity index (χ4v) is 2.26.